The molecule has 0 aliphatic rings. The van der Waals surface area contributed by atoms with E-state index in [9.17, 15) is 0 Å². The molecule has 1 N–H and O–H groups in total. The van der Waals surface area contributed by atoms with Crippen molar-refractivity contribution in [1.29, 1.82) is 0 Å². The lowest BCUT2D eigenvalue weighted by molar-refractivity contribution is 0.474. The monoisotopic (exact) mass is 275 g/mol. The van der Waals surface area contributed by atoms with Crippen LogP contribution < -0.4 is 10.1 Å². The lowest BCUT2D eigenvalue weighted by Gasteiger charge is -2.13. The number of benzene rings is 2. The maximum atomic E-state index is 6.01. The highest BCUT2D eigenvalue weighted by Gasteiger charge is 2.06. The molecule has 2 nitrogen and oxygen atoms in total. The van der Waals surface area contributed by atoms with Crippen LogP contribution in [-0.4, -0.2) is 7.05 Å². The summed E-state index contributed by atoms with van der Waals surface area (Å²) < 4.78 is 6.00. The number of hydrogen-bond donors (Lipinski definition) is 1. The predicted molar refractivity (Wildman–Crippen MR) is 80.2 cm³/mol. The van der Waals surface area contributed by atoms with Crippen molar-refractivity contribution in [2.75, 3.05) is 7.05 Å². The van der Waals surface area contributed by atoms with E-state index < -0.39 is 0 Å². The lowest BCUT2D eigenvalue weighted by atomic mass is 10.1. The van der Waals surface area contributed by atoms with Crippen molar-refractivity contribution in [3.05, 3.63) is 58.1 Å². The first-order chi connectivity index (χ1) is 9.10. The number of hydrogen-bond acceptors (Lipinski definition) is 2. The Morgan fingerprint density at radius 1 is 1.00 bits per heavy atom. The fraction of sp³-hybridized carbons (Fsp3) is 0.250. The summed E-state index contributed by atoms with van der Waals surface area (Å²) in [4.78, 5) is 0. The molecule has 0 amide bonds. The van der Waals surface area contributed by atoms with Gasteiger partial charge in [-0.1, -0.05) is 29.8 Å². The summed E-state index contributed by atoms with van der Waals surface area (Å²) in [7, 11) is 1.93. The van der Waals surface area contributed by atoms with Gasteiger partial charge in [-0.2, -0.15) is 0 Å². The van der Waals surface area contributed by atoms with Crippen LogP contribution in [0, 0.1) is 13.8 Å². The molecule has 0 heterocycles. The Kier molecular flexibility index (Phi) is 4.46. The van der Waals surface area contributed by atoms with E-state index in [0.29, 0.717) is 5.02 Å². The minimum absolute atomic E-state index is 0.685. The molecular weight excluding hydrogens is 258 g/mol. The molecule has 0 saturated heterocycles. The first-order valence-corrected chi connectivity index (χ1v) is 6.66. The smallest absolute Gasteiger partial charge is 0.131 e. The van der Waals surface area contributed by atoms with Gasteiger partial charge in [-0.15, -0.1) is 0 Å². The summed E-state index contributed by atoms with van der Waals surface area (Å²) >= 11 is 6.01. The Hall–Kier alpha value is -1.51. The standard InChI is InChI=1S/C16H18ClNO/c1-11-4-6-13(10-18-3)8-15(11)19-16-9-14(17)7-5-12(16)2/h4-9,18H,10H2,1-3H3. The highest BCUT2D eigenvalue weighted by Crippen LogP contribution is 2.30. The van der Waals surface area contributed by atoms with E-state index in [1.54, 1.807) is 0 Å². The summed E-state index contributed by atoms with van der Waals surface area (Å²) in [6.45, 7) is 4.88. The van der Waals surface area contributed by atoms with Gasteiger partial charge in [0.2, 0.25) is 0 Å². The molecule has 0 radical (unpaired) electrons. The highest BCUT2D eigenvalue weighted by molar-refractivity contribution is 6.30. The Labute approximate surface area is 119 Å². The van der Waals surface area contributed by atoms with Gasteiger partial charge >= 0.3 is 0 Å². The zero-order valence-electron chi connectivity index (χ0n) is 11.5. The van der Waals surface area contributed by atoms with E-state index in [-0.39, 0.29) is 0 Å². The molecule has 0 fully saturated rings. The Balaban J connectivity index is 2.31. The van der Waals surface area contributed by atoms with E-state index in [0.717, 1.165) is 29.2 Å². The Bertz CT molecular complexity index is 581. The van der Waals surface area contributed by atoms with Gasteiger partial charge in [-0.25, -0.2) is 0 Å². The van der Waals surface area contributed by atoms with Crippen molar-refractivity contribution in [2.24, 2.45) is 0 Å². The van der Waals surface area contributed by atoms with Crippen LogP contribution in [0.2, 0.25) is 5.02 Å². The second-order valence-electron chi connectivity index (χ2n) is 4.64. The van der Waals surface area contributed by atoms with Gasteiger partial charge in [-0.3, -0.25) is 0 Å². The fourth-order valence-corrected chi connectivity index (χ4v) is 2.03. The third-order valence-corrected chi connectivity index (χ3v) is 3.24. The third kappa shape index (κ3) is 3.49. The summed E-state index contributed by atoms with van der Waals surface area (Å²) in [6, 6.07) is 11.9. The number of nitrogens with one attached hydrogen (secondary N) is 1. The van der Waals surface area contributed by atoms with Crippen LogP contribution in [0.25, 0.3) is 0 Å². The maximum absolute atomic E-state index is 6.01. The normalized spacial score (nSPS) is 10.5. The molecule has 2 rings (SSSR count). The lowest BCUT2D eigenvalue weighted by Crippen LogP contribution is -2.05. The van der Waals surface area contributed by atoms with Crippen LogP contribution in [0.1, 0.15) is 16.7 Å². The number of ether oxygens (including phenoxy) is 1. The van der Waals surface area contributed by atoms with Gasteiger partial charge in [0.15, 0.2) is 0 Å². The van der Waals surface area contributed by atoms with E-state index in [4.69, 9.17) is 16.3 Å². The van der Waals surface area contributed by atoms with E-state index >= 15 is 0 Å². The van der Waals surface area contributed by atoms with Crippen LogP contribution in [0.15, 0.2) is 36.4 Å². The summed E-state index contributed by atoms with van der Waals surface area (Å²) in [6.07, 6.45) is 0. The SMILES string of the molecule is CNCc1ccc(C)c(Oc2cc(Cl)ccc2C)c1. The van der Waals surface area contributed by atoms with E-state index in [2.05, 4.69) is 23.5 Å². The Morgan fingerprint density at radius 2 is 1.63 bits per heavy atom. The minimum atomic E-state index is 0.685. The Morgan fingerprint density at radius 3 is 2.32 bits per heavy atom. The van der Waals surface area contributed by atoms with Gasteiger partial charge in [0, 0.05) is 11.6 Å². The molecular formula is C16H18ClNO. The average Bonchev–Trinajstić information content (AvgIpc) is 2.38. The van der Waals surface area contributed by atoms with Crippen molar-refractivity contribution < 1.29 is 4.74 Å². The molecule has 0 atom stereocenters. The van der Waals surface area contributed by atoms with Crippen LogP contribution in [0.3, 0.4) is 0 Å². The van der Waals surface area contributed by atoms with Crippen molar-refractivity contribution >= 4 is 11.6 Å². The van der Waals surface area contributed by atoms with Gasteiger partial charge in [0.25, 0.3) is 0 Å². The number of halogens is 1. The summed E-state index contributed by atoms with van der Waals surface area (Å²) in [5.41, 5.74) is 3.38. The van der Waals surface area contributed by atoms with Crippen molar-refractivity contribution in [3.8, 4) is 11.5 Å². The first-order valence-electron chi connectivity index (χ1n) is 6.28. The zero-order valence-corrected chi connectivity index (χ0v) is 12.2. The molecule has 19 heavy (non-hydrogen) atoms. The van der Waals surface area contributed by atoms with Crippen molar-refractivity contribution in [1.82, 2.24) is 5.32 Å². The van der Waals surface area contributed by atoms with Gasteiger partial charge in [0.05, 0.1) is 0 Å². The van der Waals surface area contributed by atoms with Gasteiger partial charge in [0.1, 0.15) is 11.5 Å². The van der Waals surface area contributed by atoms with E-state index in [1.165, 1.54) is 5.56 Å². The molecule has 0 aromatic heterocycles. The zero-order chi connectivity index (χ0) is 13.8. The molecule has 100 valence electrons. The molecule has 0 aliphatic heterocycles. The highest BCUT2D eigenvalue weighted by atomic mass is 35.5. The third-order valence-electron chi connectivity index (χ3n) is 3.00. The van der Waals surface area contributed by atoms with Gasteiger partial charge < -0.3 is 10.1 Å². The van der Waals surface area contributed by atoms with Crippen molar-refractivity contribution in [3.63, 3.8) is 0 Å². The molecule has 0 spiro atoms. The largest absolute Gasteiger partial charge is 0.457 e. The molecule has 0 aliphatic carbocycles. The molecule has 3 heteroatoms. The number of aryl methyl sites for hydroxylation is 2. The number of rotatable bonds is 4. The minimum Gasteiger partial charge on any atom is -0.457 e. The average molecular weight is 276 g/mol. The van der Waals surface area contributed by atoms with Crippen LogP contribution in [0.5, 0.6) is 11.5 Å². The molecule has 2 aromatic carbocycles. The molecule has 0 bridgehead atoms. The van der Waals surface area contributed by atoms with E-state index in [1.807, 2.05) is 39.1 Å². The topological polar surface area (TPSA) is 21.3 Å². The maximum Gasteiger partial charge on any atom is 0.131 e. The predicted octanol–water partition coefficient (Wildman–Crippen LogP) is 4.47. The quantitative estimate of drug-likeness (QED) is 0.889. The fourth-order valence-electron chi connectivity index (χ4n) is 1.87. The molecule has 0 saturated carbocycles. The molecule has 0 unspecified atom stereocenters. The van der Waals surface area contributed by atoms with Gasteiger partial charge in [-0.05, 0) is 55.8 Å². The summed E-state index contributed by atoms with van der Waals surface area (Å²) in [5.74, 6) is 1.68. The van der Waals surface area contributed by atoms with Crippen LogP contribution in [-0.2, 0) is 6.54 Å². The summed E-state index contributed by atoms with van der Waals surface area (Å²) in [5, 5.41) is 3.82. The van der Waals surface area contributed by atoms with Crippen LogP contribution in [0.4, 0.5) is 0 Å². The second kappa shape index (κ2) is 6.09. The second-order valence-corrected chi connectivity index (χ2v) is 5.08. The first kappa shape index (κ1) is 13.9. The molecule has 2 aromatic rings. The van der Waals surface area contributed by atoms with Crippen LogP contribution >= 0.6 is 11.6 Å². The van der Waals surface area contributed by atoms with Crippen molar-refractivity contribution in [2.45, 2.75) is 20.4 Å².